The molecule has 6 heterocycles. The standard InChI is InChI=1S/C16H40O36S8Si8/c17-53(18,19)1-9-61-41-62(10-2-54(20,21)22)44-65(13-5-57(29,30)31)46-63(42-61,11-3-55(23,24)25)48-67(15-7-59(35,36)37)49-64(43-61,12-4-56(26,27)28)47-66(45-62,14-6-58(32,33)34)51-68(50-65,52-67)16-8-60(38,39)40/h1-16H2,(H,17,18,19)(H,20,21,22)(H,23,24,25)(H,26,27,28)(H,29,30,31)(H,32,33,34)(H,35,36,37)(H,38,39,40). The van der Waals surface area contributed by atoms with E-state index in [1.807, 2.05) is 0 Å². The van der Waals surface area contributed by atoms with Crippen LogP contribution in [-0.2, 0) is 130 Å². The number of hydrogen-bond donors (Lipinski definition) is 8. The minimum atomic E-state index is -6.04. The van der Waals surface area contributed by atoms with Crippen molar-refractivity contribution >= 4 is 151 Å². The zero-order valence-electron chi connectivity index (χ0n) is 33.6. The molecule has 68 heavy (non-hydrogen) atoms. The molecular formula is C16H40O36S8Si8. The molecule has 6 saturated heterocycles. The minimum Gasteiger partial charge on any atom is -0.373 e. The van der Waals surface area contributed by atoms with Crippen molar-refractivity contribution in [2.75, 3.05) is 46.0 Å². The van der Waals surface area contributed by atoms with E-state index in [0.29, 0.717) is 0 Å². The van der Waals surface area contributed by atoms with Crippen LogP contribution in [0.2, 0.25) is 48.4 Å². The van der Waals surface area contributed by atoms with E-state index in [0.717, 1.165) is 0 Å². The molecule has 0 aliphatic carbocycles. The van der Waals surface area contributed by atoms with E-state index < -0.39 is 246 Å². The predicted octanol–water partition coefficient (Wildman–Crippen LogP) is -5.13. The van der Waals surface area contributed by atoms with E-state index in [1.54, 1.807) is 0 Å². The molecule has 8 bridgehead atoms. The fourth-order valence-corrected chi connectivity index (χ4v) is 68.4. The molecule has 36 nitrogen and oxygen atoms in total. The van der Waals surface area contributed by atoms with Gasteiger partial charge in [0.2, 0.25) is 0 Å². The smallest absolute Gasteiger partial charge is 0.373 e. The molecule has 400 valence electrons. The zero-order chi connectivity index (χ0) is 51.8. The minimum absolute atomic E-state index is 1.48. The Kier molecular flexibility index (Phi) is 16.8. The summed E-state index contributed by atoms with van der Waals surface area (Å²) >= 11 is 0. The monoisotopic (exact) mass is 1290 g/mol. The van der Waals surface area contributed by atoms with Crippen LogP contribution in [0.25, 0.3) is 0 Å². The molecule has 6 rings (SSSR count). The molecule has 8 N–H and O–H groups in total. The lowest BCUT2D eigenvalue weighted by atomic mass is 11.0. The fraction of sp³-hybridized carbons (Fsp3) is 1.00. The van der Waals surface area contributed by atoms with Crippen LogP contribution < -0.4 is 0 Å². The molecule has 0 atom stereocenters. The first-order valence-electron chi connectivity index (χ1n) is 18.2. The summed E-state index contributed by atoms with van der Waals surface area (Å²) < 4.78 is 355. The lowest BCUT2D eigenvalue weighted by Gasteiger charge is -2.63. The Morgan fingerprint density at radius 1 is 0.191 bits per heavy atom. The van der Waals surface area contributed by atoms with Crippen LogP contribution in [0, 0.1) is 0 Å². The summed E-state index contributed by atoms with van der Waals surface area (Å²) in [6, 6.07) is -11.8. The maximum atomic E-state index is 12.5. The van der Waals surface area contributed by atoms with Crippen LogP contribution in [-0.4, -0.2) is 220 Å². The SMILES string of the molecule is O=S(=O)(O)CC[Si]12O[Si]3(CCS(=O)(=O)O)O[Si]4(CCS(=O)(=O)O)O[Si](CCS(=O)(=O)O)(O1)O[Si]1(CCS(=O)(=O)O)O[Si](CCS(=O)(=O)O)(O2)O[Si](CCS(=O)(=O)O)(O3)O[Si](CCS(=O)(=O)O)(O4)O1. The molecule has 6 aliphatic rings. The second kappa shape index (κ2) is 19.3. The Hall–Kier alpha value is 0.535. The normalized spacial score (nSPS) is 36.1. The van der Waals surface area contributed by atoms with Crippen molar-refractivity contribution in [1.29, 1.82) is 0 Å². The van der Waals surface area contributed by atoms with Crippen molar-refractivity contribution in [3.05, 3.63) is 0 Å². The first-order chi connectivity index (χ1) is 30.1. The first kappa shape index (κ1) is 59.4. The third kappa shape index (κ3) is 17.3. The van der Waals surface area contributed by atoms with Gasteiger partial charge in [-0.25, -0.2) is 0 Å². The second-order valence-electron chi connectivity index (χ2n) is 15.0. The summed E-state index contributed by atoms with van der Waals surface area (Å²) in [5.74, 6) is -13.1. The molecule has 0 aromatic rings. The van der Waals surface area contributed by atoms with Crippen LogP contribution in [0.1, 0.15) is 0 Å². The van der Waals surface area contributed by atoms with Gasteiger partial charge in [-0.3, -0.25) is 36.4 Å². The van der Waals surface area contributed by atoms with E-state index in [9.17, 15) is 104 Å². The maximum absolute atomic E-state index is 12.5. The Morgan fingerprint density at radius 3 is 0.324 bits per heavy atom. The van der Waals surface area contributed by atoms with Crippen LogP contribution in [0.5, 0.6) is 0 Å². The maximum Gasteiger partial charge on any atom is 0.480 e. The van der Waals surface area contributed by atoms with Crippen LogP contribution in [0.15, 0.2) is 0 Å². The quantitative estimate of drug-likeness (QED) is 0.0331. The highest BCUT2D eigenvalue weighted by atomic mass is 32.2. The van der Waals surface area contributed by atoms with Crippen LogP contribution in [0.3, 0.4) is 0 Å². The van der Waals surface area contributed by atoms with Gasteiger partial charge < -0.3 is 49.4 Å². The Morgan fingerprint density at radius 2 is 0.265 bits per heavy atom. The van der Waals surface area contributed by atoms with Crippen molar-refractivity contribution in [3.8, 4) is 0 Å². The van der Waals surface area contributed by atoms with E-state index in [2.05, 4.69) is 0 Å². The van der Waals surface area contributed by atoms with E-state index >= 15 is 0 Å². The Labute approximate surface area is 396 Å². The third-order valence-electron chi connectivity index (χ3n) is 9.06. The molecular weight excluding hydrogens is 1250 g/mol. The average molecular weight is 1290 g/mol. The van der Waals surface area contributed by atoms with Gasteiger partial charge in [0.15, 0.2) is 0 Å². The Balaban J connectivity index is 2.07. The van der Waals surface area contributed by atoms with Gasteiger partial charge in [0.1, 0.15) is 0 Å². The highest BCUT2D eigenvalue weighted by molar-refractivity contribution is 7.87. The summed E-state index contributed by atoms with van der Waals surface area (Å²) in [7, 11) is -91.2. The molecule has 6 aliphatic heterocycles. The van der Waals surface area contributed by atoms with Gasteiger partial charge in [-0.05, 0) is 0 Å². The van der Waals surface area contributed by atoms with E-state index in [1.165, 1.54) is 0 Å². The molecule has 0 saturated carbocycles. The molecule has 0 aromatic heterocycles. The van der Waals surface area contributed by atoms with Crippen LogP contribution >= 0.6 is 0 Å². The molecule has 6 fully saturated rings. The fourth-order valence-electron chi connectivity index (χ4n) is 6.60. The Bertz CT molecular complexity index is 2220. The molecule has 0 unspecified atom stereocenters. The van der Waals surface area contributed by atoms with Gasteiger partial charge in [0.25, 0.3) is 80.9 Å². The topological polar surface area (TPSA) is 546 Å². The van der Waals surface area contributed by atoms with Gasteiger partial charge in [0, 0.05) is 48.4 Å². The van der Waals surface area contributed by atoms with Gasteiger partial charge in [-0.15, -0.1) is 0 Å². The van der Waals surface area contributed by atoms with Crippen molar-refractivity contribution in [2.24, 2.45) is 0 Å². The van der Waals surface area contributed by atoms with Crippen molar-refractivity contribution in [1.82, 2.24) is 0 Å². The van der Waals surface area contributed by atoms with E-state index in [4.69, 9.17) is 49.4 Å². The molecule has 0 radical (unpaired) electrons. The number of rotatable bonds is 24. The largest absolute Gasteiger partial charge is 0.480 e. The van der Waals surface area contributed by atoms with Gasteiger partial charge >= 0.3 is 70.4 Å². The molecule has 0 aromatic carbocycles. The van der Waals surface area contributed by atoms with Crippen LogP contribution in [0.4, 0.5) is 0 Å². The first-order valence-corrected chi connectivity index (χ1v) is 46.5. The van der Waals surface area contributed by atoms with Gasteiger partial charge in [-0.1, -0.05) is 0 Å². The van der Waals surface area contributed by atoms with E-state index in [-0.39, 0.29) is 0 Å². The zero-order valence-corrected chi connectivity index (χ0v) is 48.1. The highest BCUT2D eigenvalue weighted by Gasteiger charge is 2.83. The lowest BCUT2D eigenvalue weighted by Crippen LogP contribution is -2.89. The van der Waals surface area contributed by atoms with Crippen molar-refractivity contribution in [3.63, 3.8) is 0 Å². The summed E-state index contributed by atoms with van der Waals surface area (Å²) in [6.45, 7) is 0. The predicted molar refractivity (Wildman–Crippen MR) is 229 cm³/mol. The average Bonchev–Trinajstić information content (AvgIpc) is 3.06. The molecule has 0 spiro atoms. The summed E-state index contributed by atoms with van der Waals surface area (Å²) in [5, 5.41) is 0. The van der Waals surface area contributed by atoms with Crippen molar-refractivity contribution in [2.45, 2.75) is 48.4 Å². The lowest BCUT2D eigenvalue weighted by molar-refractivity contribution is -0.0287. The second-order valence-corrected chi connectivity index (χ2v) is 52.3. The van der Waals surface area contributed by atoms with Gasteiger partial charge in [0.05, 0.1) is 46.0 Å². The number of hydrogen-bond acceptors (Lipinski definition) is 28. The third-order valence-corrected chi connectivity index (χ3v) is 54.5. The highest BCUT2D eigenvalue weighted by Crippen LogP contribution is 2.54. The van der Waals surface area contributed by atoms with Gasteiger partial charge in [-0.2, -0.15) is 67.3 Å². The molecule has 52 heteroatoms. The van der Waals surface area contributed by atoms with Crippen molar-refractivity contribution < 1.29 is 153 Å². The summed E-state index contributed by atoms with van der Waals surface area (Å²) in [4.78, 5) is 0. The molecule has 0 amide bonds. The summed E-state index contributed by atoms with van der Waals surface area (Å²) in [5.41, 5.74) is 0. The summed E-state index contributed by atoms with van der Waals surface area (Å²) in [6.07, 6.45) is 0.